The molecule has 0 radical (unpaired) electrons. The van der Waals surface area contributed by atoms with Crippen molar-refractivity contribution in [1.82, 2.24) is 15.0 Å². The van der Waals surface area contributed by atoms with Gasteiger partial charge in [0.2, 0.25) is 5.89 Å². The Morgan fingerprint density at radius 1 is 1.09 bits per heavy atom. The summed E-state index contributed by atoms with van der Waals surface area (Å²) in [5.74, 6) is 1.54. The van der Waals surface area contributed by atoms with E-state index in [2.05, 4.69) is 15.0 Å². The molecule has 4 aromatic rings. The Balaban J connectivity index is 1.48. The zero-order valence-corrected chi connectivity index (χ0v) is 12.8. The molecule has 1 N–H and O–H groups in total. The van der Waals surface area contributed by atoms with Gasteiger partial charge in [0.15, 0.2) is 10.9 Å². The quantitative estimate of drug-likeness (QED) is 0.555. The van der Waals surface area contributed by atoms with Crippen LogP contribution in [-0.2, 0) is 5.75 Å². The van der Waals surface area contributed by atoms with Crippen molar-refractivity contribution in [2.24, 2.45) is 0 Å². The molecule has 0 spiro atoms. The van der Waals surface area contributed by atoms with Gasteiger partial charge in [0.05, 0.1) is 23.0 Å². The third kappa shape index (κ3) is 2.98. The summed E-state index contributed by atoms with van der Waals surface area (Å²) in [6.45, 7) is 0. The first kappa shape index (κ1) is 14.0. The van der Waals surface area contributed by atoms with E-state index in [1.807, 2.05) is 24.3 Å². The number of halogens is 1. The van der Waals surface area contributed by atoms with E-state index in [0.29, 0.717) is 17.4 Å². The van der Waals surface area contributed by atoms with E-state index in [4.69, 9.17) is 4.42 Å². The lowest BCUT2D eigenvalue weighted by Crippen LogP contribution is -1.80. The van der Waals surface area contributed by atoms with Crippen LogP contribution in [0.25, 0.3) is 22.4 Å². The first-order valence-corrected chi connectivity index (χ1v) is 8.05. The molecule has 0 amide bonds. The van der Waals surface area contributed by atoms with Crippen molar-refractivity contribution in [2.75, 3.05) is 0 Å². The number of hydrogen-bond donors (Lipinski definition) is 1. The molecular weight excluding hydrogens is 313 g/mol. The zero-order valence-electron chi connectivity index (χ0n) is 12.0. The Hall–Kier alpha value is -2.60. The van der Waals surface area contributed by atoms with Crippen LogP contribution in [0.15, 0.2) is 64.3 Å². The summed E-state index contributed by atoms with van der Waals surface area (Å²) >= 11 is 1.53. The molecule has 0 unspecified atom stereocenters. The van der Waals surface area contributed by atoms with Gasteiger partial charge in [0.1, 0.15) is 5.82 Å². The maximum Gasteiger partial charge on any atom is 0.205 e. The van der Waals surface area contributed by atoms with Crippen molar-refractivity contribution in [3.8, 4) is 11.3 Å². The van der Waals surface area contributed by atoms with Gasteiger partial charge in [-0.25, -0.2) is 14.4 Å². The molecule has 0 saturated carbocycles. The van der Waals surface area contributed by atoms with Crippen LogP contribution in [0.4, 0.5) is 4.39 Å². The average Bonchev–Trinajstić information content (AvgIpc) is 3.20. The van der Waals surface area contributed by atoms with Gasteiger partial charge in [0, 0.05) is 5.56 Å². The minimum atomic E-state index is -0.270. The van der Waals surface area contributed by atoms with Gasteiger partial charge in [-0.05, 0) is 36.4 Å². The summed E-state index contributed by atoms with van der Waals surface area (Å²) in [6, 6.07) is 14.0. The fourth-order valence-corrected chi connectivity index (χ4v) is 2.99. The standard InChI is InChI=1S/C17H12FN3OS/c18-12-7-5-11(6-8-12)15-9-19-16(22-15)10-23-17-20-13-3-1-2-4-14(13)21-17/h1-9H,10H2,(H,20,21). The predicted molar refractivity (Wildman–Crippen MR) is 87.6 cm³/mol. The van der Waals surface area contributed by atoms with E-state index in [1.165, 1.54) is 23.9 Å². The SMILES string of the molecule is Fc1ccc(-c2cnc(CSc3nc4ccccc4[nH]3)o2)cc1. The number of rotatable bonds is 4. The van der Waals surface area contributed by atoms with Gasteiger partial charge in [-0.15, -0.1) is 0 Å². The number of nitrogens with one attached hydrogen (secondary N) is 1. The van der Waals surface area contributed by atoms with Crippen LogP contribution in [0.5, 0.6) is 0 Å². The Labute approximate surface area is 135 Å². The van der Waals surface area contributed by atoms with Crippen molar-refractivity contribution >= 4 is 22.8 Å². The van der Waals surface area contributed by atoms with E-state index < -0.39 is 0 Å². The van der Waals surface area contributed by atoms with Crippen LogP contribution in [0.2, 0.25) is 0 Å². The average molecular weight is 325 g/mol. The van der Waals surface area contributed by atoms with Crippen molar-refractivity contribution in [1.29, 1.82) is 0 Å². The molecule has 2 aromatic heterocycles. The predicted octanol–water partition coefficient (Wildman–Crippen LogP) is 4.65. The number of hydrogen-bond acceptors (Lipinski definition) is 4. The maximum absolute atomic E-state index is 12.9. The number of imidazole rings is 1. The van der Waals surface area contributed by atoms with Gasteiger partial charge in [-0.1, -0.05) is 23.9 Å². The van der Waals surface area contributed by atoms with Gasteiger partial charge in [0.25, 0.3) is 0 Å². The number of H-pyrrole nitrogens is 1. The number of thioether (sulfide) groups is 1. The van der Waals surface area contributed by atoms with Crippen LogP contribution >= 0.6 is 11.8 Å². The molecule has 0 aliphatic rings. The van der Waals surface area contributed by atoms with Crippen molar-refractivity contribution in [2.45, 2.75) is 10.9 Å². The number of benzene rings is 2. The molecular formula is C17H12FN3OS. The molecule has 4 nitrogen and oxygen atoms in total. The number of oxazole rings is 1. The molecule has 4 rings (SSSR count). The first-order chi connectivity index (χ1) is 11.3. The molecule has 23 heavy (non-hydrogen) atoms. The van der Waals surface area contributed by atoms with E-state index in [1.54, 1.807) is 18.3 Å². The highest BCUT2D eigenvalue weighted by atomic mass is 32.2. The maximum atomic E-state index is 12.9. The van der Waals surface area contributed by atoms with Crippen molar-refractivity contribution in [3.63, 3.8) is 0 Å². The monoisotopic (exact) mass is 325 g/mol. The minimum absolute atomic E-state index is 0.270. The van der Waals surface area contributed by atoms with Crippen LogP contribution in [-0.4, -0.2) is 15.0 Å². The second-order valence-corrected chi connectivity index (χ2v) is 5.94. The Morgan fingerprint density at radius 3 is 2.74 bits per heavy atom. The van der Waals surface area contributed by atoms with Gasteiger partial charge < -0.3 is 9.40 Å². The second-order valence-electron chi connectivity index (χ2n) is 4.97. The number of aromatic amines is 1. The molecule has 0 saturated heterocycles. The molecule has 0 aliphatic heterocycles. The van der Waals surface area contributed by atoms with Crippen LogP contribution in [0.1, 0.15) is 5.89 Å². The lowest BCUT2D eigenvalue weighted by Gasteiger charge is -1.96. The van der Waals surface area contributed by atoms with E-state index in [0.717, 1.165) is 21.8 Å². The third-order valence-corrected chi connectivity index (χ3v) is 4.24. The van der Waals surface area contributed by atoms with Gasteiger partial charge >= 0.3 is 0 Å². The van der Waals surface area contributed by atoms with E-state index in [-0.39, 0.29) is 5.82 Å². The largest absolute Gasteiger partial charge is 0.440 e. The molecule has 2 heterocycles. The van der Waals surface area contributed by atoms with E-state index >= 15 is 0 Å². The number of aromatic nitrogens is 3. The molecule has 2 aromatic carbocycles. The van der Waals surface area contributed by atoms with Crippen LogP contribution in [0, 0.1) is 5.82 Å². The van der Waals surface area contributed by atoms with E-state index in [9.17, 15) is 4.39 Å². The first-order valence-electron chi connectivity index (χ1n) is 7.06. The number of para-hydroxylation sites is 2. The fraction of sp³-hybridized carbons (Fsp3) is 0.0588. The summed E-state index contributed by atoms with van der Waals surface area (Å²) in [4.78, 5) is 12.0. The summed E-state index contributed by atoms with van der Waals surface area (Å²) in [7, 11) is 0. The highest BCUT2D eigenvalue weighted by Gasteiger charge is 2.09. The highest BCUT2D eigenvalue weighted by Crippen LogP contribution is 2.26. The highest BCUT2D eigenvalue weighted by molar-refractivity contribution is 7.98. The van der Waals surface area contributed by atoms with Gasteiger partial charge in [-0.3, -0.25) is 0 Å². The van der Waals surface area contributed by atoms with Gasteiger partial charge in [-0.2, -0.15) is 0 Å². The Kier molecular flexibility index (Phi) is 3.59. The summed E-state index contributed by atoms with van der Waals surface area (Å²) < 4.78 is 18.7. The summed E-state index contributed by atoms with van der Waals surface area (Å²) in [6.07, 6.45) is 1.65. The topological polar surface area (TPSA) is 54.7 Å². The smallest absolute Gasteiger partial charge is 0.205 e. The summed E-state index contributed by atoms with van der Waals surface area (Å²) in [5, 5.41) is 0.827. The zero-order chi connectivity index (χ0) is 15.6. The lowest BCUT2D eigenvalue weighted by molar-refractivity contribution is 0.529. The minimum Gasteiger partial charge on any atom is -0.440 e. The lowest BCUT2D eigenvalue weighted by atomic mass is 10.2. The number of fused-ring (bicyclic) bond motifs is 1. The van der Waals surface area contributed by atoms with Crippen LogP contribution in [0.3, 0.4) is 0 Å². The molecule has 0 atom stereocenters. The molecule has 114 valence electrons. The molecule has 0 aliphatic carbocycles. The fourth-order valence-electron chi connectivity index (χ4n) is 2.25. The number of nitrogens with zero attached hydrogens (tertiary/aromatic N) is 2. The second kappa shape index (κ2) is 5.89. The Morgan fingerprint density at radius 2 is 1.91 bits per heavy atom. The normalized spacial score (nSPS) is 11.2. The summed E-state index contributed by atoms with van der Waals surface area (Å²) in [5.41, 5.74) is 2.75. The molecule has 6 heteroatoms. The molecule has 0 bridgehead atoms. The Bertz CT molecular complexity index is 913. The third-order valence-electron chi connectivity index (χ3n) is 3.38. The van der Waals surface area contributed by atoms with Crippen molar-refractivity contribution in [3.05, 3.63) is 66.4 Å². The van der Waals surface area contributed by atoms with Crippen LogP contribution < -0.4 is 0 Å². The van der Waals surface area contributed by atoms with Crippen molar-refractivity contribution < 1.29 is 8.81 Å². The molecule has 0 fully saturated rings.